The highest BCUT2D eigenvalue weighted by molar-refractivity contribution is 6.30. The molecule has 1 unspecified atom stereocenters. The summed E-state index contributed by atoms with van der Waals surface area (Å²) >= 11 is 5.96. The fourth-order valence-electron chi connectivity index (χ4n) is 3.19. The first-order chi connectivity index (χ1) is 14.5. The quantitative estimate of drug-likeness (QED) is 0.401. The molecule has 3 rings (SSSR count). The van der Waals surface area contributed by atoms with E-state index in [0.717, 1.165) is 5.56 Å². The van der Waals surface area contributed by atoms with Crippen LogP contribution in [0.3, 0.4) is 0 Å². The molecule has 152 valence electrons. The number of esters is 1. The number of hydrogen-bond donors (Lipinski definition) is 0. The van der Waals surface area contributed by atoms with Crippen LogP contribution in [0.15, 0.2) is 78.9 Å². The Labute approximate surface area is 181 Å². The summed E-state index contributed by atoms with van der Waals surface area (Å²) in [6.07, 6.45) is -1.04. The van der Waals surface area contributed by atoms with E-state index in [1.54, 1.807) is 36.4 Å². The van der Waals surface area contributed by atoms with Gasteiger partial charge in [-0.3, -0.25) is 4.79 Å². The largest absolute Gasteiger partial charge is 0.457 e. The van der Waals surface area contributed by atoms with Crippen LogP contribution in [0.4, 0.5) is 0 Å². The Morgan fingerprint density at radius 2 is 1.57 bits per heavy atom. The first kappa shape index (κ1) is 21.4. The molecule has 30 heavy (non-hydrogen) atoms. The average Bonchev–Trinajstić information content (AvgIpc) is 2.74. The first-order valence-electron chi connectivity index (χ1n) is 9.66. The zero-order valence-corrected chi connectivity index (χ0v) is 17.5. The van der Waals surface area contributed by atoms with Crippen LogP contribution in [0.5, 0.6) is 11.5 Å². The second-order valence-electron chi connectivity index (χ2n) is 7.21. The Morgan fingerprint density at radius 1 is 0.900 bits per heavy atom. The molecule has 5 heteroatoms. The van der Waals surface area contributed by atoms with Crippen molar-refractivity contribution in [3.05, 3.63) is 95.0 Å². The van der Waals surface area contributed by atoms with Crippen LogP contribution in [-0.2, 0) is 9.53 Å². The molecule has 0 bridgehead atoms. The predicted molar refractivity (Wildman–Crippen MR) is 116 cm³/mol. The zero-order valence-electron chi connectivity index (χ0n) is 16.8. The van der Waals surface area contributed by atoms with Gasteiger partial charge in [0.25, 0.3) is 0 Å². The van der Waals surface area contributed by atoms with Gasteiger partial charge in [-0.2, -0.15) is 5.26 Å². The molecule has 0 aliphatic carbocycles. The van der Waals surface area contributed by atoms with Gasteiger partial charge < -0.3 is 9.47 Å². The maximum absolute atomic E-state index is 13.0. The van der Waals surface area contributed by atoms with Crippen LogP contribution in [0.25, 0.3) is 0 Å². The lowest BCUT2D eigenvalue weighted by Gasteiger charge is -2.22. The molecule has 0 N–H and O–H groups in total. The Kier molecular flexibility index (Phi) is 7.11. The van der Waals surface area contributed by atoms with Gasteiger partial charge in [-0.25, -0.2) is 0 Å². The van der Waals surface area contributed by atoms with Crippen molar-refractivity contribution in [3.63, 3.8) is 0 Å². The molecule has 0 amide bonds. The molecule has 0 saturated heterocycles. The number of nitriles is 1. The van der Waals surface area contributed by atoms with Crippen molar-refractivity contribution in [3.8, 4) is 17.6 Å². The van der Waals surface area contributed by atoms with E-state index in [4.69, 9.17) is 21.1 Å². The van der Waals surface area contributed by atoms with Gasteiger partial charge in [-0.05, 0) is 47.9 Å². The van der Waals surface area contributed by atoms with E-state index in [1.807, 2.05) is 56.3 Å². The highest BCUT2D eigenvalue weighted by atomic mass is 35.5. The van der Waals surface area contributed by atoms with E-state index >= 15 is 0 Å². The molecule has 0 radical (unpaired) electrons. The van der Waals surface area contributed by atoms with Crippen molar-refractivity contribution in [2.45, 2.75) is 25.9 Å². The van der Waals surface area contributed by atoms with Crippen LogP contribution in [0.2, 0.25) is 5.02 Å². The molecule has 0 aliphatic rings. The zero-order chi connectivity index (χ0) is 21.5. The number of benzene rings is 3. The maximum atomic E-state index is 13.0. The van der Waals surface area contributed by atoms with Crippen LogP contribution in [0.1, 0.15) is 37.0 Å². The molecular formula is C25H22ClNO3. The Hall–Kier alpha value is -3.29. The van der Waals surface area contributed by atoms with Crippen molar-refractivity contribution < 1.29 is 14.3 Å². The molecule has 0 fully saturated rings. The van der Waals surface area contributed by atoms with Gasteiger partial charge in [0.05, 0.1) is 5.92 Å². The smallest absolute Gasteiger partial charge is 0.315 e. The van der Waals surface area contributed by atoms with E-state index in [9.17, 15) is 10.1 Å². The Bertz CT molecular complexity index is 1030. The van der Waals surface area contributed by atoms with Crippen LogP contribution >= 0.6 is 11.6 Å². The lowest BCUT2D eigenvalue weighted by atomic mass is 9.88. The normalized spacial score (nSPS) is 12.6. The third-order valence-corrected chi connectivity index (χ3v) is 4.89. The molecule has 0 aromatic heterocycles. The second kappa shape index (κ2) is 9.96. The summed E-state index contributed by atoms with van der Waals surface area (Å²) < 4.78 is 11.4. The number of halogens is 1. The summed E-state index contributed by atoms with van der Waals surface area (Å²) in [5, 5.41) is 10.2. The third kappa shape index (κ3) is 5.40. The number of ether oxygens (including phenoxy) is 2. The van der Waals surface area contributed by atoms with Crippen LogP contribution in [0, 0.1) is 17.2 Å². The van der Waals surface area contributed by atoms with Gasteiger partial charge in [0, 0.05) is 10.6 Å². The minimum absolute atomic E-state index is 0.00855. The number of para-hydroxylation sites is 1. The van der Waals surface area contributed by atoms with Gasteiger partial charge in [-0.15, -0.1) is 0 Å². The maximum Gasteiger partial charge on any atom is 0.315 e. The van der Waals surface area contributed by atoms with Crippen molar-refractivity contribution in [1.29, 1.82) is 5.26 Å². The third-order valence-electron chi connectivity index (χ3n) is 4.64. The molecule has 4 nitrogen and oxygen atoms in total. The highest BCUT2D eigenvalue weighted by Gasteiger charge is 2.29. The summed E-state index contributed by atoms with van der Waals surface area (Å²) in [5.74, 6) is 0.289. The number of nitrogens with zero attached hydrogens (tertiary/aromatic N) is 1. The lowest BCUT2D eigenvalue weighted by Crippen LogP contribution is -2.22. The molecule has 0 aliphatic heterocycles. The SMILES string of the molecule is CC(C)C(C(=O)O[C@H](C#N)c1cccc(Oc2ccccc2)c1)c1ccc(Cl)cc1. The number of hydrogen-bond acceptors (Lipinski definition) is 4. The van der Waals surface area contributed by atoms with E-state index in [0.29, 0.717) is 22.1 Å². The van der Waals surface area contributed by atoms with E-state index < -0.39 is 18.0 Å². The topological polar surface area (TPSA) is 59.3 Å². The molecule has 0 heterocycles. The van der Waals surface area contributed by atoms with Gasteiger partial charge in [0.2, 0.25) is 6.10 Å². The van der Waals surface area contributed by atoms with E-state index in [1.165, 1.54) is 0 Å². The van der Waals surface area contributed by atoms with Gasteiger partial charge >= 0.3 is 5.97 Å². The summed E-state index contributed by atoms with van der Waals surface area (Å²) in [4.78, 5) is 13.0. The first-order valence-corrected chi connectivity index (χ1v) is 10.0. The molecule has 3 aromatic rings. The van der Waals surface area contributed by atoms with Crippen molar-refractivity contribution >= 4 is 17.6 Å². The molecular weight excluding hydrogens is 398 g/mol. The van der Waals surface area contributed by atoms with Gasteiger partial charge in [0.1, 0.15) is 17.6 Å². The minimum Gasteiger partial charge on any atom is -0.457 e. The van der Waals surface area contributed by atoms with E-state index in [2.05, 4.69) is 6.07 Å². The van der Waals surface area contributed by atoms with Gasteiger partial charge in [-0.1, -0.05) is 67.9 Å². The number of carbonyl (C=O) groups is 1. The molecule has 0 spiro atoms. The predicted octanol–water partition coefficient (Wildman–Crippen LogP) is 6.68. The van der Waals surface area contributed by atoms with Crippen LogP contribution in [-0.4, -0.2) is 5.97 Å². The number of rotatable bonds is 7. The summed E-state index contributed by atoms with van der Waals surface area (Å²) in [6.45, 7) is 3.88. The van der Waals surface area contributed by atoms with Crippen molar-refractivity contribution in [1.82, 2.24) is 0 Å². The van der Waals surface area contributed by atoms with Gasteiger partial charge in [0.15, 0.2) is 0 Å². The lowest BCUT2D eigenvalue weighted by molar-refractivity contribution is -0.150. The Morgan fingerprint density at radius 3 is 2.20 bits per heavy atom. The molecule has 2 atom stereocenters. The van der Waals surface area contributed by atoms with Crippen molar-refractivity contribution in [2.24, 2.45) is 5.92 Å². The average molecular weight is 420 g/mol. The number of carbonyl (C=O) groups excluding carboxylic acids is 1. The Balaban J connectivity index is 1.78. The van der Waals surface area contributed by atoms with Crippen molar-refractivity contribution in [2.75, 3.05) is 0 Å². The van der Waals surface area contributed by atoms with Crippen LogP contribution < -0.4 is 4.74 Å². The summed E-state index contributed by atoms with van der Waals surface area (Å²) in [6, 6.07) is 25.5. The minimum atomic E-state index is -1.04. The monoisotopic (exact) mass is 419 g/mol. The fraction of sp³-hybridized carbons (Fsp3) is 0.200. The second-order valence-corrected chi connectivity index (χ2v) is 7.64. The summed E-state index contributed by atoms with van der Waals surface area (Å²) in [5.41, 5.74) is 1.36. The molecule has 3 aromatic carbocycles. The standard InChI is InChI=1S/C25H22ClNO3/c1-17(2)24(18-11-13-20(26)14-12-18)25(28)30-23(16-27)19-7-6-10-22(15-19)29-21-8-4-3-5-9-21/h3-15,17,23-24H,1-2H3/t23-,24?/m1/s1. The summed E-state index contributed by atoms with van der Waals surface area (Å²) in [7, 11) is 0. The molecule has 0 saturated carbocycles. The fourth-order valence-corrected chi connectivity index (χ4v) is 3.31. The van der Waals surface area contributed by atoms with E-state index in [-0.39, 0.29) is 5.92 Å². The highest BCUT2D eigenvalue weighted by Crippen LogP contribution is 2.31.